The number of nitrogens with one attached hydrogen (secondary N) is 3. The Morgan fingerprint density at radius 1 is 1.28 bits per heavy atom. The van der Waals surface area contributed by atoms with Crippen molar-refractivity contribution in [3.05, 3.63) is 64.2 Å². The van der Waals surface area contributed by atoms with E-state index in [2.05, 4.69) is 21.4 Å². The van der Waals surface area contributed by atoms with Crippen molar-refractivity contribution in [1.82, 2.24) is 20.2 Å². The minimum absolute atomic E-state index is 0.0832. The summed E-state index contributed by atoms with van der Waals surface area (Å²) < 4.78 is 5.43. The van der Waals surface area contributed by atoms with E-state index in [1.54, 1.807) is 30.2 Å². The highest BCUT2D eigenvalue weighted by atomic mass is 16.5. The Balaban J connectivity index is 1.40. The summed E-state index contributed by atoms with van der Waals surface area (Å²) in [4.78, 5) is 46.7. The normalized spacial score (nSPS) is 19.3. The van der Waals surface area contributed by atoms with Crippen LogP contribution in [0.1, 0.15) is 48.2 Å². The van der Waals surface area contributed by atoms with Gasteiger partial charge in [0.05, 0.1) is 13.2 Å². The lowest BCUT2D eigenvalue weighted by atomic mass is 9.84. The van der Waals surface area contributed by atoms with Gasteiger partial charge >= 0.3 is 0 Å². The highest BCUT2D eigenvalue weighted by Crippen LogP contribution is 2.48. The first-order valence-electron chi connectivity index (χ1n) is 12.3. The van der Waals surface area contributed by atoms with E-state index < -0.39 is 12.1 Å². The Bertz CT molecular complexity index is 1390. The van der Waals surface area contributed by atoms with E-state index in [1.165, 1.54) is 6.20 Å². The summed E-state index contributed by atoms with van der Waals surface area (Å²) in [6.07, 6.45) is 6.29. The maximum Gasteiger partial charge on any atom is 0.271 e. The van der Waals surface area contributed by atoms with E-state index in [9.17, 15) is 19.6 Å². The van der Waals surface area contributed by atoms with Crippen molar-refractivity contribution in [2.24, 2.45) is 5.41 Å². The topological polar surface area (TPSA) is 131 Å². The van der Waals surface area contributed by atoms with Crippen molar-refractivity contribution in [3.63, 3.8) is 0 Å². The molecule has 186 valence electrons. The maximum absolute atomic E-state index is 13.7. The van der Waals surface area contributed by atoms with Crippen molar-refractivity contribution in [1.29, 1.82) is 5.26 Å². The first-order valence-corrected chi connectivity index (χ1v) is 12.3. The van der Waals surface area contributed by atoms with Gasteiger partial charge in [0.15, 0.2) is 0 Å². The predicted octanol–water partition coefficient (Wildman–Crippen LogP) is 2.89. The van der Waals surface area contributed by atoms with Gasteiger partial charge in [0.25, 0.3) is 11.5 Å². The Labute approximate surface area is 208 Å². The van der Waals surface area contributed by atoms with Gasteiger partial charge in [0, 0.05) is 35.6 Å². The third kappa shape index (κ3) is 4.35. The molecule has 5 rings (SSSR count). The van der Waals surface area contributed by atoms with Crippen LogP contribution in [0.5, 0.6) is 5.75 Å². The molecule has 2 aliphatic rings. The van der Waals surface area contributed by atoms with Crippen molar-refractivity contribution in [3.8, 4) is 11.8 Å². The minimum Gasteiger partial charge on any atom is -0.496 e. The SMILES string of the molecule is COc1cccc2[nH]c(C(=O)N3CC4(CCCC4)CC3C(=O)NC(C#N)Cc3ccc[nH]c3=O)cc12. The number of nitriles is 1. The van der Waals surface area contributed by atoms with Crippen molar-refractivity contribution < 1.29 is 14.3 Å². The van der Waals surface area contributed by atoms with E-state index in [4.69, 9.17) is 4.74 Å². The predicted molar refractivity (Wildman–Crippen MR) is 134 cm³/mol. The van der Waals surface area contributed by atoms with Gasteiger partial charge in [-0.3, -0.25) is 14.4 Å². The fraction of sp³-hybridized carbons (Fsp3) is 0.407. The largest absolute Gasteiger partial charge is 0.496 e. The fourth-order valence-electron chi connectivity index (χ4n) is 5.80. The molecule has 3 heterocycles. The van der Waals surface area contributed by atoms with Gasteiger partial charge in [0.1, 0.15) is 23.5 Å². The molecule has 9 nitrogen and oxygen atoms in total. The molecule has 9 heteroatoms. The van der Waals surface area contributed by atoms with Crippen molar-refractivity contribution in [2.45, 2.75) is 50.6 Å². The van der Waals surface area contributed by atoms with Crippen LogP contribution >= 0.6 is 0 Å². The summed E-state index contributed by atoms with van der Waals surface area (Å²) in [5.41, 5.74) is 1.23. The Morgan fingerprint density at radius 3 is 2.81 bits per heavy atom. The van der Waals surface area contributed by atoms with Crippen LogP contribution in [-0.4, -0.2) is 52.4 Å². The molecular weight excluding hydrogens is 458 g/mol. The molecule has 1 saturated heterocycles. The summed E-state index contributed by atoms with van der Waals surface area (Å²) in [5, 5.41) is 13.3. The van der Waals surface area contributed by atoms with Crippen LogP contribution in [0.4, 0.5) is 0 Å². The molecule has 2 aromatic heterocycles. The quantitative estimate of drug-likeness (QED) is 0.492. The Morgan fingerprint density at radius 2 is 2.08 bits per heavy atom. The molecule has 1 saturated carbocycles. The lowest BCUT2D eigenvalue weighted by molar-refractivity contribution is -0.125. The lowest BCUT2D eigenvalue weighted by Crippen LogP contribution is -2.49. The number of methoxy groups -OCH3 is 1. The lowest BCUT2D eigenvalue weighted by Gasteiger charge is -2.25. The third-order valence-electron chi connectivity index (χ3n) is 7.61. The number of carbonyl (C=O) groups excluding carboxylic acids is 2. The van der Waals surface area contributed by atoms with Crippen LogP contribution in [0.2, 0.25) is 0 Å². The molecule has 36 heavy (non-hydrogen) atoms. The zero-order valence-corrected chi connectivity index (χ0v) is 20.2. The number of aromatic amines is 2. The fourth-order valence-corrected chi connectivity index (χ4v) is 5.80. The van der Waals surface area contributed by atoms with Gasteiger partial charge in [-0.05, 0) is 48.9 Å². The second-order valence-electron chi connectivity index (χ2n) is 9.88. The third-order valence-corrected chi connectivity index (χ3v) is 7.61. The second kappa shape index (κ2) is 9.53. The molecule has 2 unspecified atom stereocenters. The van der Waals surface area contributed by atoms with Crippen molar-refractivity contribution in [2.75, 3.05) is 13.7 Å². The van der Waals surface area contributed by atoms with Crippen LogP contribution in [0, 0.1) is 16.7 Å². The summed E-state index contributed by atoms with van der Waals surface area (Å²) >= 11 is 0. The summed E-state index contributed by atoms with van der Waals surface area (Å²) in [6, 6.07) is 11.2. The number of aromatic nitrogens is 2. The van der Waals surface area contributed by atoms with Gasteiger partial charge in [-0.15, -0.1) is 0 Å². The average Bonchev–Trinajstić information content (AvgIpc) is 3.63. The van der Waals surface area contributed by atoms with E-state index in [-0.39, 0.29) is 29.2 Å². The number of H-pyrrole nitrogens is 2. The Hall–Kier alpha value is -4.06. The molecule has 2 atom stereocenters. The van der Waals surface area contributed by atoms with Gasteiger partial charge in [-0.25, -0.2) is 0 Å². The molecule has 2 fully saturated rings. The van der Waals surface area contributed by atoms with Crippen molar-refractivity contribution >= 4 is 22.7 Å². The van der Waals surface area contributed by atoms with Gasteiger partial charge in [-0.2, -0.15) is 5.26 Å². The average molecular weight is 488 g/mol. The number of pyridine rings is 1. The number of ether oxygens (including phenoxy) is 1. The zero-order chi connectivity index (χ0) is 25.3. The van der Waals surface area contributed by atoms with Crippen LogP contribution in [0.15, 0.2) is 47.4 Å². The molecule has 0 radical (unpaired) electrons. The molecule has 1 aromatic carbocycles. The second-order valence-corrected chi connectivity index (χ2v) is 9.88. The van der Waals surface area contributed by atoms with Gasteiger partial charge in [-0.1, -0.05) is 25.0 Å². The number of likely N-dealkylation sites (tertiary alicyclic amines) is 1. The van der Waals surface area contributed by atoms with Crippen LogP contribution in [0.25, 0.3) is 10.9 Å². The first-order chi connectivity index (χ1) is 17.4. The molecule has 1 aliphatic heterocycles. The Kier molecular flexibility index (Phi) is 6.27. The number of hydrogen-bond donors (Lipinski definition) is 3. The first kappa shape index (κ1) is 23.7. The van der Waals surface area contributed by atoms with Gasteiger partial charge < -0.3 is 24.9 Å². The number of rotatable bonds is 6. The molecular formula is C27H29N5O4. The molecule has 3 N–H and O–H groups in total. The number of fused-ring (bicyclic) bond motifs is 1. The van der Waals surface area contributed by atoms with E-state index >= 15 is 0 Å². The number of benzene rings is 1. The van der Waals surface area contributed by atoms with E-state index in [0.717, 1.165) is 36.6 Å². The monoisotopic (exact) mass is 487 g/mol. The zero-order valence-electron chi connectivity index (χ0n) is 20.2. The standard InChI is InChI=1S/C27H29N5O4/c1-36-23-8-4-7-20-19(23)13-21(31-20)26(35)32-16-27(9-2-3-10-27)14-22(32)25(34)30-18(15-28)12-17-6-5-11-29-24(17)33/h4-8,11,13,18,22,31H,2-3,9-10,12,14,16H2,1H3,(H,29,33)(H,30,34). The molecule has 1 spiro atoms. The molecule has 1 aliphatic carbocycles. The number of amides is 2. The molecule has 2 amide bonds. The number of hydrogen-bond acceptors (Lipinski definition) is 5. The highest BCUT2D eigenvalue weighted by Gasteiger charge is 2.50. The molecule has 3 aromatic rings. The highest BCUT2D eigenvalue weighted by molar-refractivity contribution is 6.01. The number of carbonyl (C=O) groups is 2. The van der Waals surface area contributed by atoms with Gasteiger partial charge in [0.2, 0.25) is 5.91 Å². The smallest absolute Gasteiger partial charge is 0.271 e. The maximum atomic E-state index is 13.7. The van der Waals surface area contributed by atoms with E-state index in [0.29, 0.717) is 30.0 Å². The summed E-state index contributed by atoms with van der Waals surface area (Å²) in [6.45, 7) is 0.506. The summed E-state index contributed by atoms with van der Waals surface area (Å²) in [5.74, 6) is 0.0588. The van der Waals surface area contributed by atoms with Crippen LogP contribution in [0.3, 0.4) is 0 Å². The minimum atomic E-state index is -0.879. The summed E-state index contributed by atoms with van der Waals surface area (Å²) in [7, 11) is 1.59. The molecule has 0 bridgehead atoms. The van der Waals surface area contributed by atoms with E-state index in [1.807, 2.05) is 18.2 Å². The number of nitrogens with zero attached hydrogens (tertiary/aromatic N) is 2. The van der Waals surface area contributed by atoms with Crippen LogP contribution in [-0.2, 0) is 11.2 Å². The van der Waals surface area contributed by atoms with Crippen LogP contribution < -0.4 is 15.6 Å².